The lowest BCUT2D eigenvalue weighted by Crippen LogP contribution is -1.82. The first-order chi connectivity index (χ1) is 5.43. The highest BCUT2D eigenvalue weighted by Gasteiger charge is 1.89. The number of aryl methyl sites for hydroxylation is 1. The molecule has 0 aliphatic heterocycles. The summed E-state index contributed by atoms with van der Waals surface area (Å²) in [6.07, 6.45) is 2.66. The van der Waals surface area contributed by atoms with E-state index in [1.165, 1.54) is 5.56 Å². The van der Waals surface area contributed by atoms with Crippen molar-refractivity contribution < 1.29 is 0 Å². The van der Waals surface area contributed by atoms with Gasteiger partial charge in [-0.1, -0.05) is 30.3 Å². The summed E-state index contributed by atoms with van der Waals surface area (Å²) in [5.41, 5.74) is 1.32. The van der Waals surface area contributed by atoms with E-state index in [1.54, 1.807) is 0 Å². The van der Waals surface area contributed by atoms with Gasteiger partial charge < -0.3 is 0 Å². The van der Waals surface area contributed by atoms with Crippen LogP contribution >= 0.6 is 0 Å². The number of hydrogen-bond donors (Lipinski definition) is 0. The van der Waals surface area contributed by atoms with Crippen LogP contribution in [-0.4, -0.2) is 0 Å². The molecule has 0 radical (unpaired) electrons. The summed E-state index contributed by atoms with van der Waals surface area (Å²) in [6.45, 7) is 0. The third kappa shape index (κ3) is 2.86. The first-order valence-corrected chi connectivity index (χ1v) is 3.84. The molecule has 11 heavy (non-hydrogen) atoms. The molecule has 0 N–H and O–H groups in total. The Morgan fingerprint density at radius 3 is 2.55 bits per heavy atom. The third-order valence-electron chi connectivity index (χ3n) is 1.60. The van der Waals surface area contributed by atoms with Gasteiger partial charge in [0.1, 0.15) is 0 Å². The fourth-order valence-electron chi connectivity index (χ4n) is 1.02. The molecular weight excluding hydrogens is 135 g/mol. The summed E-state index contributed by atoms with van der Waals surface area (Å²) in [5.74, 6) is 0. The molecule has 0 bridgehead atoms. The molecule has 0 saturated heterocycles. The summed E-state index contributed by atoms with van der Waals surface area (Å²) >= 11 is 0. The van der Waals surface area contributed by atoms with Crippen LogP contribution in [0.1, 0.15) is 18.4 Å². The zero-order valence-corrected chi connectivity index (χ0v) is 6.46. The van der Waals surface area contributed by atoms with Gasteiger partial charge in [-0.2, -0.15) is 5.26 Å². The molecule has 1 heteroatoms. The second kappa shape index (κ2) is 4.51. The Bertz CT molecular complexity index is 233. The van der Waals surface area contributed by atoms with Gasteiger partial charge in [-0.25, -0.2) is 0 Å². The zero-order valence-electron chi connectivity index (χ0n) is 6.46. The molecule has 56 valence electrons. The first-order valence-electron chi connectivity index (χ1n) is 3.84. The Labute approximate surface area is 67.3 Å². The van der Waals surface area contributed by atoms with Crippen molar-refractivity contribution >= 4 is 0 Å². The minimum atomic E-state index is 0.662. The van der Waals surface area contributed by atoms with Crippen LogP contribution in [0.3, 0.4) is 0 Å². The lowest BCUT2D eigenvalue weighted by molar-refractivity contribution is 0.850. The van der Waals surface area contributed by atoms with Crippen LogP contribution in [0.15, 0.2) is 30.3 Å². The van der Waals surface area contributed by atoms with Gasteiger partial charge in [0.2, 0.25) is 0 Å². The van der Waals surface area contributed by atoms with Crippen molar-refractivity contribution in [3.63, 3.8) is 0 Å². The van der Waals surface area contributed by atoms with Crippen LogP contribution in [0.2, 0.25) is 0 Å². The van der Waals surface area contributed by atoms with Crippen LogP contribution < -0.4 is 0 Å². The molecule has 0 aliphatic rings. The van der Waals surface area contributed by atoms with Crippen LogP contribution in [0.5, 0.6) is 0 Å². The lowest BCUT2D eigenvalue weighted by Gasteiger charge is -1.95. The van der Waals surface area contributed by atoms with Crippen molar-refractivity contribution in [3.05, 3.63) is 35.9 Å². The van der Waals surface area contributed by atoms with Crippen molar-refractivity contribution in [1.29, 1.82) is 5.26 Å². The maximum Gasteiger partial charge on any atom is 0.0621 e. The topological polar surface area (TPSA) is 23.8 Å². The molecule has 0 fully saturated rings. The summed E-state index contributed by atoms with van der Waals surface area (Å²) in [4.78, 5) is 0. The minimum Gasteiger partial charge on any atom is -0.198 e. The van der Waals surface area contributed by atoms with Crippen LogP contribution in [0.4, 0.5) is 0 Å². The Kier molecular flexibility index (Phi) is 3.21. The van der Waals surface area contributed by atoms with Gasteiger partial charge in [-0.05, 0) is 18.4 Å². The molecule has 0 unspecified atom stereocenters. The number of unbranched alkanes of at least 4 members (excludes halogenated alkanes) is 1. The Morgan fingerprint density at radius 2 is 1.91 bits per heavy atom. The van der Waals surface area contributed by atoms with E-state index in [4.69, 9.17) is 5.26 Å². The quantitative estimate of drug-likeness (QED) is 0.475. The second-order valence-electron chi connectivity index (χ2n) is 2.50. The normalized spacial score (nSPS) is 9.00. The minimum absolute atomic E-state index is 0.662. The largest absolute Gasteiger partial charge is 0.198 e. The van der Waals surface area contributed by atoms with E-state index in [0.29, 0.717) is 6.42 Å². The van der Waals surface area contributed by atoms with Crippen molar-refractivity contribution in [2.45, 2.75) is 19.3 Å². The maximum atomic E-state index is 8.29. The molecule has 0 amide bonds. The molecule has 0 atom stereocenters. The Balaban J connectivity index is 2.35. The predicted molar refractivity (Wildman–Crippen MR) is 45.0 cm³/mol. The van der Waals surface area contributed by atoms with Crippen molar-refractivity contribution in [2.24, 2.45) is 0 Å². The van der Waals surface area contributed by atoms with E-state index in [0.717, 1.165) is 12.8 Å². The molecule has 0 spiro atoms. The van der Waals surface area contributed by atoms with E-state index in [9.17, 15) is 0 Å². The fourth-order valence-corrected chi connectivity index (χ4v) is 1.02. The predicted octanol–water partition coefficient (Wildman–Crippen LogP) is 2.53. The van der Waals surface area contributed by atoms with E-state index >= 15 is 0 Å². The SMILES string of the molecule is N#[13C]CCCc1ccccc1. The summed E-state index contributed by atoms with van der Waals surface area (Å²) < 4.78 is 0. The average molecular weight is 146 g/mol. The molecule has 0 heterocycles. The highest BCUT2D eigenvalue weighted by Crippen LogP contribution is 2.03. The zero-order chi connectivity index (χ0) is 7.94. The van der Waals surface area contributed by atoms with E-state index in [-0.39, 0.29) is 0 Å². The van der Waals surface area contributed by atoms with E-state index < -0.39 is 0 Å². The van der Waals surface area contributed by atoms with Crippen molar-refractivity contribution in [2.75, 3.05) is 0 Å². The van der Waals surface area contributed by atoms with E-state index in [1.807, 2.05) is 18.2 Å². The van der Waals surface area contributed by atoms with Gasteiger partial charge in [-0.3, -0.25) is 0 Å². The second-order valence-corrected chi connectivity index (χ2v) is 2.50. The molecule has 0 aromatic heterocycles. The maximum absolute atomic E-state index is 8.29. The molecule has 1 aromatic carbocycles. The van der Waals surface area contributed by atoms with Crippen LogP contribution in [0, 0.1) is 11.3 Å². The highest BCUT2D eigenvalue weighted by molar-refractivity contribution is 5.14. The third-order valence-corrected chi connectivity index (χ3v) is 1.60. The first kappa shape index (κ1) is 7.81. The molecule has 1 aromatic rings. The average Bonchev–Trinajstić information content (AvgIpc) is 2.07. The van der Waals surface area contributed by atoms with Gasteiger partial charge >= 0.3 is 0 Å². The number of benzene rings is 1. The molecule has 1 nitrogen and oxygen atoms in total. The Hall–Kier alpha value is -1.29. The summed E-state index contributed by atoms with van der Waals surface area (Å²) in [5, 5.41) is 8.29. The molecular formula is C10H11N. The number of hydrogen-bond acceptors (Lipinski definition) is 1. The fraction of sp³-hybridized carbons (Fsp3) is 0.300. The van der Waals surface area contributed by atoms with E-state index in [2.05, 4.69) is 18.2 Å². The summed E-state index contributed by atoms with van der Waals surface area (Å²) in [7, 11) is 0. The van der Waals surface area contributed by atoms with Crippen molar-refractivity contribution in [1.82, 2.24) is 0 Å². The Morgan fingerprint density at radius 1 is 1.18 bits per heavy atom. The number of nitriles is 1. The lowest BCUT2D eigenvalue weighted by atomic mass is 10.1. The molecule has 0 saturated carbocycles. The molecule has 0 aliphatic carbocycles. The number of nitrogens with zero attached hydrogens (tertiary/aromatic N) is 1. The number of rotatable bonds is 3. The highest BCUT2D eigenvalue weighted by atomic mass is 14.4. The smallest absolute Gasteiger partial charge is 0.0621 e. The standard InChI is InChI=1S/C10H11N/c11-9-5-4-8-10-6-2-1-3-7-10/h1-3,6-7H,4-5,8H2/i9+1. The van der Waals surface area contributed by atoms with Gasteiger partial charge in [-0.15, -0.1) is 0 Å². The van der Waals surface area contributed by atoms with Gasteiger partial charge in [0, 0.05) is 6.42 Å². The molecule has 1 rings (SSSR count). The summed E-state index contributed by atoms with van der Waals surface area (Å²) in [6, 6.07) is 12.4. The van der Waals surface area contributed by atoms with Crippen molar-refractivity contribution in [3.8, 4) is 6.07 Å². The van der Waals surface area contributed by atoms with Gasteiger partial charge in [0.15, 0.2) is 0 Å². The van der Waals surface area contributed by atoms with Gasteiger partial charge in [0.25, 0.3) is 0 Å². The monoisotopic (exact) mass is 146 g/mol. The van der Waals surface area contributed by atoms with Crippen LogP contribution in [-0.2, 0) is 6.42 Å². The van der Waals surface area contributed by atoms with Crippen LogP contribution in [0.25, 0.3) is 0 Å². The van der Waals surface area contributed by atoms with Gasteiger partial charge in [0.05, 0.1) is 6.07 Å².